The van der Waals surface area contributed by atoms with Crippen molar-refractivity contribution in [2.45, 2.75) is 6.92 Å². The molecule has 1 N–H and O–H groups in total. The van der Waals surface area contributed by atoms with E-state index in [9.17, 15) is 4.79 Å². The molecule has 0 spiro atoms. The Balaban J connectivity index is 2.22. The van der Waals surface area contributed by atoms with Crippen LogP contribution in [0.15, 0.2) is 59.4 Å². The summed E-state index contributed by atoms with van der Waals surface area (Å²) in [5.41, 5.74) is 2.80. The fraction of sp³-hybridized carbons (Fsp3) is 0.0588. The summed E-state index contributed by atoms with van der Waals surface area (Å²) in [6.45, 7) is 1.76. The van der Waals surface area contributed by atoms with Gasteiger partial charge in [0.25, 0.3) is 5.56 Å². The van der Waals surface area contributed by atoms with Crippen molar-refractivity contribution in [1.29, 1.82) is 0 Å². The van der Waals surface area contributed by atoms with E-state index >= 15 is 0 Å². The topological polar surface area (TPSA) is 45.8 Å². The maximum Gasteiger partial charge on any atom is 0.254 e. The first-order valence-electron chi connectivity index (χ1n) is 6.57. The second-order valence-electron chi connectivity index (χ2n) is 4.76. The zero-order chi connectivity index (χ0) is 14.8. The molecular weight excluding hydrogens is 284 g/mol. The van der Waals surface area contributed by atoms with Gasteiger partial charge in [-0.05, 0) is 19.1 Å². The molecule has 0 unspecified atom stereocenters. The molecule has 2 aromatic carbocycles. The minimum Gasteiger partial charge on any atom is -0.306 e. The Labute approximate surface area is 127 Å². The average molecular weight is 297 g/mol. The lowest BCUT2D eigenvalue weighted by molar-refractivity contribution is 1.09. The third kappa shape index (κ3) is 2.73. The van der Waals surface area contributed by atoms with E-state index < -0.39 is 0 Å². The summed E-state index contributed by atoms with van der Waals surface area (Å²) in [6.07, 6.45) is 0. The molecule has 0 radical (unpaired) electrons. The van der Waals surface area contributed by atoms with Crippen molar-refractivity contribution in [2.24, 2.45) is 0 Å². The van der Waals surface area contributed by atoms with E-state index in [1.165, 1.54) is 0 Å². The van der Waals surface area contributed by atoms with Crippen LogP contribution in [0.4, 0.5) is 0 Å². The minimum absolute atomic E-state index is 0.140. The Morgan fingerprint density at radius 3 is 2.43 bits per heavy atom. The normalized spacial score (nSPS) is 10.6. The summed E-state index contributed by atoms with van der Waals surface area (Å²) < 4.78 is 0. The molecule has 4 heteroatoms. The van der Waals surface area contributed by atoms with Gasteiger partial charge >= 0.3 is 0 Å². The molecule has 0 atom stereocenters. The molecule has 1 heterocycles. The van der Waals surface area contributed by atoms with Gasteiger partial charge in [0.05, 0.1) is 5.69 Å². The molecule has 3 rings (SSSR count). The summed E-state index contributed by atoms with van der Waals surface area (Å²) >= 11 is 6.03. The number of halogens is 1. The molecule has 0 fully saturated rings. The van der Waals surface area contributed by atoms with Crippen molar-refractivity contribution in [1.82, 2.24) is 9.97 Å². The van der Waals surface area contributed by atoms with Gasteiger partial charge in [-0.25, -0.2) is 4.98 Å². The molecule has 1 aromatic heterocycles. The van der Waals surface area contributed by atoms with Crippen molar-refractivity contribution in [3.63, 3.8) is 0 Å². The Bertz CT molecular complexity index is 841. The van der Waals surface area contributed by atoms with Crippen LogP contribution in [0, 0.1) is 6.92 Å². The number of hydrogen-bond acceptors (Lipinski definition) is 2. The van der Waals surface area contributed by atoms with Crippen molar-refractivity contribution in [2.75, 3.05) is 0 Å². The van der Waals surface area contributed by atoms with Crippen molar-refractivity contribution in [3.8, 4) is 22.6 Å². The van der Waals surface area contributed by atoms with E-state index in [1.807, 2.05) is 48.5 Å². The van der Waals surface area contributed by atoms with Crippen LogP contribution in [-0.2, 0) is 0 Å². The van der Waals surface area contributed by atoms with Gasteiger partial charge in [-0.3, -0.25) is 4.79 Å². The second kappa shape index (κ2) is 5.54. The van der Waals surface area contributed by atoms with Crippen molar-refractivity contribution >= 4 is 11.6 Å². The molecule has 0 aliphatic rings. The Kier molecular flexibility index (Phi) is 3.59. The summed E-state index contributed by atoms with van der Waals surface area (Å²) in [5.74, 6) is 0.557. The molecule has 0 bridgehead atoms. The Morgan fingerprint density at radius 1 is 1.00 bits per heavy atom. The largest absolute Gasteiger partial charge is 0.306 e. The van der Waals surface area contributed by atoms with Gasteiger partial charge in [0.1, 0.15) is 5.82 Å². The molecule has 0 aliphatic carbocycles. The third-order valence-electron chi connectivity index (χ3n) is 3.30. The summed E-state index contributed by atoms with van der Waals surface area (Å²) in [7, 11) is 0. The van der Waals surface area contributed by atoms with Gasteiger partial charge in [0.15, 0.2) is 0 Å². The number of H-pyrrole nitrogens is 1. The van der Waals surface area contributed by atoms with E-state index in [0.717, 1.165) is 11.1 Å². The average Bonchev–Trinajstić information content (AvgIpc) is 2.51. The smallest absolute Gasteiger partial charge is 0.254 e. The van der Waals surface area contributed by atoms with Crippen LogP contribution < -0.4 is 5.56 Å². The number of rotatable bonds is 2. The first kappa shape index (κ1) is 13.6. The van der Waals surface area contributed by atoms with E-state index in [0.29, 0.717) is 22.1 Å². The van der Waals surface area contributed by atoms with Gasteiger partial charge in [0.2, 0.25) is 0 Å². The predicted molar refractivity (Wildman–Crippen MR) is 85.5 cm³/mol. The molecule has 0 saturated carbocycles. The summed E-state index contributed by atoms with van der Waals surface area (Å²) in [6, 6.07) is 16.9. The fourth-order valence-corrected chi connectivity index (χ4v) is 2.37. The van der Waals surface area contributed by atoms with Crippen molar-refractivity contribution in [3.05, 3.63) is 75.5 Å². The first-order chi connectivity index (χ1) is 10.1. The highest BCUT2D eigenvalue weighted by atomic mass is 35.5. The molecule has 0 saturated heterocycles. The molecule has 3 aromatic rings. The first-order valence-corrected chi connectivity index (χ1v) is 6.95. The van der Waals surface area contributed by atoms with Gasteiger partial charge in [-0.15, -0.1) is 0 Å². The van der Waals surface area contributed by atoms with E-state index in [4.69, 9.17) is 11.6 Å². The molecule has 21 heavy (non-hydrogen) atoms. The van der Waals surface area contributed by atoms with Gasteiger partial charge in [-0.2, -0.15) is 0 Å². The van der Waals surface area contributed by atoms with Crippen molar-refractivity contribution < 1.29 is 0 Å². The van der Waals surface area contributed by atoms with Crippen LogP contribution in [0.3, 0.4) is 0 Å². The number of benzene rings is 2. The molecule has 0 amide bonds. The highest BCUT2D eigenvalue weighted by Gasteiger charge is 2.11. The summed E-state index contributed by atoms with van der Waals surface area (Å²) in [5, 5.41) is 0.621. The van der Waals surface area contributed by atoms with Crippen LogP contribution in [0.5, 0.6) is 0 Å². The zero-order valence-corrected chi connectivity index (χ0v) is 12.2. The van der Waals surface area contributed by atoms with Crippen LogP contribution >= 0.6 is 11.6 Å². The number of hydrogen-bond donors (Lipinski definition) is 1. The predicted octanol–water partition coefficient (Wildman–Crippen LogP) is 4.07. The van der Waals surface area contributed by atoms with Crippen LogP contribution in [0.1, 0.15) is 5.56 Å². The maximum atomic E-state index is 12.2. The standard InChI is InChI=1S/C17H13ClN2O/c1-11-15(13-8-5-9-14(18)10-13)19-16(20-17(11)21)12-6-3-2-4-7-12/h2-10H,1H3,(H,19,20,21). The highest BCUT2D eigenvalue weighted by Crippen LogP contribution is 2.24. The van der Waals surface area contributed by atoms with Crippen LogP contribution in [0.25, 0.3) is 22.6 Å². The summed E-state index contributed by atoms with van der Waals surface area (Å²) in [4.78, 5) is 19.6. The monoisotopic (exact) mass is 296 g/mol. The van der Waals surface area contributed by atoms with E-state index in [-0.39, 0.29) is 5.56 Å². The molecule has 0 aliphatic heterocycles. The SMILES string of the molecule is Cc1c(-c2cccc(Cl)c2)nc(-c2ccccc2)[nH]c1=O. The highest BCUT2D eigenvalue weighted by molar-refractivity contribution is 6.30. The number of aromatic nitrogens is 2. The van der Waals surface area contributed by atoms with Crippen LogP contribution in [0.2, 0.25) is 5.02 Å². The zero-order valence-electron chi connectivity index (χ0n) is 11.4. The Morgan fingerprint density at radius 2 is 1.71 bits per heavy atom. The quantitative estimate of drug-likeness (QED) is 0.775. The molecule has 3 nitrogen and oxygen atoms in total. The number of aromatic amines is 1. The van der Waals surface area contributed by atoms with Gasteiger partial charge in [0, 0.05) is 21.7 Å². The van der Waals surface area contributed by atoms with E-state index in [2.05, 4.69) is 9.97 Å². The number of nitrogens with zero attached hydrogens (tertiary/aromatic N) is 1. The fourth-order valence-electron chi connectivity index (χ4n) is 2.18. The lowest BCUT2D eigenvalue weighted by Gasteiger charge is -2.08. The van der Waals surface area contributed by atoms with E-state index in [1.54, 1.807) is 13.0 Å². The second-order valence-corrected chi connectivity index (χ2v) is 5.20. The maximum absolute atomic E-state index is 12.2. The Hall–Kier alpha value is -2.39. The lowest BCUT2D eigenvalue weighted by atomic mass is 10.1. The lowest BCUT2D eigenvalue weighted by Crippen LogP contribution is -2.14. The van der Waals surface area contributed by atoms with Gasteiger partial charge < -0.3 is 4.98 Å². The molecule has 104 valence electrons. The molecular formula is C17H13ClN2O. The van der Waals surface area contributed by atoms with Gasteiger partial charge in [-0.1, -0.05) is 54.1 Å². The number of nitrogens with one attached hydrogen (secondary N) is 1. The minimum atomic E-state index is -0.140. The third-order valence-corrected chi connectivity index (χ3v) is 3.53. The van der Waals surface area contributed by atoms with Crippen LogP contribution in [-0.4, -0.2) is 9.97 Å².